The number of amides is 1. The Morgan fingerprint density at radius 3 is 2.25 bits per heavy atom. The second-order valence-corrected chi connectivity index (χ2v) is 18.2. The van der Waals surface area contributed by atoms with Crippen LogP contribution in [-0.2, 0) is 24.0 Å². The van der Waals surface area contributed by atoms with Gasteiger partial charge in [0.2, 0.25) is 0 Å². The third kappa shape index (κ3) is 3.01. The molecule has 7 heteroatoms. The molecule has 240 valence electrons. The highest BCUT2D eigenvalue weighted by Crippen LogP contribution is 2.86. The average molecular weight is 606 g/mol. The summed E-state index contributed by atoms with van der Waals surface area (Å²) in [4.78, 5) is 60.2. The van der Waals surface area contributed by atoms with Gasteiger partial charge in [-0.25, -0.2) is 4.79 Å². The lowest BCUT2D eigenvalue weighted by atomic mass is 9.30. The molecule has 7 saturated carbocycles. The summed E-state index contributed by atoms with van der Waals surface area (Å²) >= 11 is 0. The van der Waals surface area contributed by atoms with E-state index in [0.29, 0.717) is 36.9 Å². The topological polar surface area (TPSA) is 101 Å². The van der Waals surface area contributed by atoms with Gasteiger partial charge in [-0.3, -0.25) is 14.4 Å². The van der Waals surface area contributed by atoms with Gasteiger partial charge in [0, 0.05) is 30.6 Å². The minimum absolute atomic E-state index is 0.0140. The first-order chi connectivity index (χ1) is 20.5. The van der Waals surface area contributed by atoms with Crippen LogP contribution < -0.4 is 0 Å². The van der Waals surface area contributed by atoms with E-state index in [0.717, 1.165) is 56.4 Å². The molecule has 9 aliphatic rings. The standard InChI is InChI=1S/C37H51NO6/c1-31-11-12-32(2,30(43)44-38-27(41)7-8-28(38)42)20-24(31)23-19-25(39)29-34(4,33(23,3)14-13-31)15-16-37-22-17-21(18-22)36(37,6)26(40)9-10-35(29,37)5/h19,21-22,24,27,29,41H,7-18,20H2,1-6H3/t21?,22?,24-,27?,29+,31-,32+,33-,34-,35-,36+,37+/m1/s1. The van der Waals surface area contributed by atoms with Crippen LogP contribution in [0.1, 0.15) is 125 Å². The lowest BCUT2D eigenvalue weighted by Crippen LogP contribution is -2.70. The smallest absolute Gasteiger partial charge is 0.338 e. The predicted octanol–water partition coefficient (Wildman–Crippen LogP) is 6.33. The Bertz CT molecular complexity index is 1430. The van der Waals surface area contributed by atoms with Gasteiger partial charge >= 0.3 is 5.97 Å². The van der Waals surface area contributed by atoms with Crippen LogP contribution >= 0.6 is 0 Å². The molecule has 8 aliphatic carbocycles. The highest BCUT2D eigenvalue weighted by molar-refractivity contribution is 5.97. The fourth-order valence-electron chi connectivity index (χ4n) is 14.0. The van der Waals surface area contributed by atoms with Crippen molar-refractivity contribution in [1.82, 2.24) is 5.06 Å². The summed E-state index contributed by atoms with van der Waals surface area (Å²) < 4.78 is 0. The number of Topliss-reactive ketones (excluding diaryl/α,β-unsaturated/α-hetero) is 1. The number of ketones is 2. The fraction of sp³-hybridized carbons (Fsp3) is 0.838. The van der Waals surface area contributed by atoms with E-state index in [1.54, 1.807) is 0 Å². The van der Waals surface area contributed by atoms with Crippen molar-refractivity contribution in [1.29, 1.82) is 0 Å². The molecule has 1 saturated heterocycles. The molecule has 1 N–H and O–H groups in total. The zero-order chi connectivity index (χ0) is 31.5. The van der Waals surface area contributed by atoms with Crippen molar-refractivity contribution in [2.75, 3.05) is 0 Å². The summed E-state index contributed by atoms with van der Waals surface area (Å²) in [5, 5.41) is 11.1. The van der Waals surface area contributed by atoms with Gasteiger partial charge in [0.15, 0.2) is 12.0 Å². The van der Waals surface area contributed by atoms with Gasteiger partial charge in [-0.2, -0.15) is 0 Å². The lowest BCUT2D eigenvalue weighted by Gasteiger charge is -2.73. The number of fused-ring (bicyclic) bond motifs is 6. The molecule has 1 spiro atoms. The Morgan fingerprint density at radius 2 is 1.57 bits per heavy atom. The summed E-state index contributed by atoms with van der Waals surface area (Å²) in [6.45, 7) is 13.8. The molecule has 2 bridgehead atoms. The van der Waals surface area contributed by atoms with E-state index in [1.807, 2.05) is 13.0 Å². The number of carbonyl (C=O) groups excluding carboxylic acids is 4. The number of aliphatic hydroxyl groups is 1. The summed E-state index contributed by atoms with van der Waals surface area (Å²) in [7, 11) is 0. The molecule has 1 heterocycles. The fourth-order valence-corrected chi connectivity index (χ4v) is 14.0. The Kier molecular flexibility index (Phi) is 5.65. The van der Waals surface area contributed by atoms with E-state index >= 15 is 0 Å². The van der Waals surface area contributed by atoms with Gasteiger partial charge < -0.3 is 9.94 Å². The number of nitrogens with zero attached hydrogens (tertiary/aromatic N) is 1. The number of aliphatic hydroxyl groups excluding tert-OH is 1. The van der Waals surface area contributed by atoms with Crippen molar-refractivity contribution in [3.05, 3.63) is 11.6 Å². The number of hydrogen-bond acceptors (Lipinski definition) is 6. The second-order valence-electron chi connectivity index (χ2n) is 18.2. The first kappa shape index (κ1) is 29.4. The maximum Gasteiger partial charge on any atom is 0.338 e. The van der Waals surface area contributed by atoms with Gasteiger partial charge in [-0.15, -0.1) is 5.06 Å². The van der Waals surface area contributed by atoms with Crippen molar-refractivity contribution in [2.24, 2.45) is 61.6 Å². The molecule has 0 aromatic heterocycles. The molecule has 44 heavy (non-hydrogen) atoms. The molecule has 0 aromatic rings. The van der Waals surface area contributed by atoms with Crippen LogP contribution in [0.2, 0.25) is 0 Å². The molecule has 9 rings (SSSR count). The molecule has 1 aliphatic heterocycles. The zero-order valence-electron chi connectivity index (χ0n) is 27.6. The largest absolute Gasteiger partial charge is 0.370 e. The minimum Gasteiger partial charge on any atom is -0.370 e. The van der Waals surface area contributed by atoms with Crippen LogP contribution in [0.15, 0.2) is 11.6 Å². The second kappa shape index (κ2) is 8.46. The monoisotopic (exact) mass is 605 g/mol. The average Bonchev–Trinajstić information content (AvgIpc) is 3.50. The van der Waals surface area contributed by atoms with Crippen LogP contribution in [0.3, 0.4) is 0 Å². The lowest BCUT2D eigenvalue weighted by molar-refractivity contribution is -0.233. The van der Waals surface area contributed by atoms with E-state index in [9.17, 15) is 24.3 Å². The third-order valence-corrected chi connectivity index (χ3v) is 17.0. The maximum absolute atomic E-state index is 14.8. The quantitative estimate of drug-likeness (QED) is 0.395. The molecule has 0 aromatic carbocycles. The van der Waals surface area contributed by atoms with Crippen LogP contribution in [0.4, 0.5) is 0 Å². The van der Waals surface area contributed by atoms with Crippen molar-refractivity contribution >= 4 is 23.4 Å². The van der Waals surface area contributed by atoms with Crippen LogP contribution in [-0.4, -0.2) is 39.8 Å². The van der Waals surface area contributed by atoms with E-state index in [2.05, 4.69) is 34.6 Å². The number of allylic oxidation sites excluding steroid dienone is 2. The van der Waals surface area contributed by atoms with Crippen LogP contribution in [0.25, 0.3) is 0 Å². The first-order valence-electron chi connectivity index (χ1n) is 17.5. The van der Waals surface area contributed by atoms with Crippen LogP contribution in [0.5, 0.6) is 0 Å². The van der Waals surface area contributed by atoms with Crippen molar-refractivity contribution in [3.8, 4) is 0 Å². The number of rotatable bonds is 2. The maximum atomic E-state index is 14.8. The van der Waals surface area contributed by atoms with Crippen molar-refractivity contribution < 1.29 is 29.1 Å². The van der Waals surface area contributed by atoms with Crippen molar-refractivity contribution in [2.45, 2.75) is 131 Å². The van der Waals surface area contributed by atoms with E-state index < -0.39 is 17.6 Å². The Labute approximate surface area is 261 Å². The normalized spacial score (nSPS) is 55.6. The predicted molar refractivity (Wildman–Crippen MR) is 162 cm³/mol. The van der Waals surface area contributed by atoms with Gasteiger partial charge in [0.25, 0.3) is 5.91 Å². The molecular weight excluding hydrogens is 554 g/mol. The summed E-state index contributed by atoms with van der Waals surface area (Å²) in [5.41, 5.74) is -0.557. The van der Waals surface area contributed by atoms with Gasteiger partial charge in [0.05, 0.1) is 5.41 Å². The van der Waals surface area contributed by atoms with Crippen molar-refractivity contribution in [3.63, 3.8) is 0 Å². The number of hydrogen-bond donors (Lipinski definition) is 1. The van der Waals surface area contributed by atoms with E-state index in [-0.39, 0.29) is 68.9 Å². The van der Waals surface area contributed by atoms with Gasteiger partial charge in [-0.05, 0) is 122 Å². The molecule has 7 nitrogen and oxygen atoms in total. The Balaban J connectivity index is 1.18. The molecule has 8 fully saturated rings. The third-order valence-electron chi connectivity index (χ3n) is 17.0. The molecule has 10 atom stereocenters. The molecule has 0 radical (unpaired) electrons. The summed E-state index contributed by atoms with van der Waals surface area (Å²) in [6, 6.07) is 0. The van der Waals surface area contributed by atoms with Gasteiger partial charge in [0.1, 0.15) is 5.78 Å². The molecule has 1 unspecified atom stereocenters. The van der Waals surface area contributed by atoms with Gasteiger partial charge in [-0.1, -0.05) is 40.2 Å². The summed E-state index contributed by atoms with van der Waals surface area (Å²) in [5.74, 6) is 0.909. The SMILES string of the molecule is C[C@]1(C(=O)ON2C(=O)CCC2O)CC[C@]2(C)CC[C@]3(C)C(=CC(=O)[C@@H]4[C@@]5(C)CCC(=O)[C@]6(C)C7CC(C7)[C@]65CC[C@]43C)[C@H]2C1. The number of carbonyl (C=O) groups is 4. The molecule has 1 amide bonds. The van der Waals surface area contributed by atoms with E-state index in [1.165, 1.54) is 5.57 Å². The Hall–Kier alpha value is -2.02. The highest BCUT2D eigenvalue weighted by atomic mass is 16.7. The summed E-state index contributed by atoms with van der Waals surface area (Å²) in [6.07, 6.45) is 11.3. The van der Waals surface area contributed by atoms with E-state index in [4.69, 9.17) is 4.84 Å². The number of hydroxylamine groups is 2. The van der Waals surface area contributed by atoms with Crippen LogP contribution in [0, 0.1) is 61.6 Å². The highest BCUT2D eigenvalue weighted by Gasteiger charge is 2.83. The first-order valence-corrected chi connectivity index (χ1v) is 17.5. The minimum atomic E-state index is -1.09. The molecular formula is C37H51NO6. The Morgan fingerprint density at radius 1 is 0.864 bits per heavy atom. The zero-order valence-corrected chi connectivity index (χ0v) is 27.6.